The van der Waals surface area contributed by atoms with E-state index in [0.29, 0.717) is 0 Å². The van der Waals surface area contributed by atoms with Crippen molar-refractivity contribution in [3.05, 3.63) is 35.9 Å². The highest BCUT2D eigenvalue weighted by atomic mass is 19.2. The summed E-state index contributed by atoms with van der Waals surface area (Å²) in [7, 11) is 0. The zero-order valence-electron chi connectivity index (χ0n) is 7.77. The largest absolute Gasteiger partial charge is 0.489 e. The van der Waals surface area contributed by atoms with Crippen LogP contribution in [0.5, 0.6) is 0 Å². The van der Waals surface area contributed by atoms with Crippen LogP contribution >= 0.6 is 0 Å². The van der Waals surface area contributed by atoms with Crippen molar-refractivity contribution in [2.45, 2.75) is 0 Å². The average molecular weight is 226 g/mol. The molecule has 15 heavy (non-hydrogen) atoms. The van der Waals surface area contributed by atoms with Crippen LogP contribution in [-0.4, -0.2) is 25.0 Å². The Morgan fingerprint density at radius 1 is 1.33 bits per heavy atom. The van der Waals surface area contributed by atoms with Crippen LogP contribution in [0, 0.1) is 0 Å². The molecule has 0 bridgehead atoms. The van der Waals surface area contributed by atoms with Gasteiger partial charge in [-0.1, -0.05) is 6.58 Å². The average Bonchev–Trinajstić information content (AvgIpc) is 2.24. The van der Waals surface area contributed by atoms with Gasteiger partial charge in [-0.3, -0.25) is 0 Å². The number of aliphatic hydroxyl groups is 1. The molecule has 0 rings (SSSR count). The van der Waals surface area contributed by atoms with Gasteiger partial charge in [0.05, 0.1) is 6.61 Å². The second-order valence-corrected chi connectivity index (χ2v) is 2.38. The molecule has 0 unspecified atom stereocenters. The van der Waals surface area contributed by atoms with E-state index in [1.807, 2.05) is 0 Å². The van der Waals surface area contributed by atoms with Gasteiger partial charge in [0, 0.05) is 6.08 Å². The monoisotopic (exact) mass is 226 g/mol. The Labute approximate surface area is 84.2 Å². The molecule has 0 aromatic heterocycles. The molecular weight excluding hydrogens is 216 g/mol. The molecule has 0 fully saturated rings. The second kappa shape index (κ2) is 7.05. The highest BCUT2D eigenvalue weighted by Crippen LogP contribution is 2.19. The van der Waals surface area contributed by atoms with Crippen molar-refractivity contribution in [3.63, 3.8) is 0 Å². The molecule has 0 spiro atoms. The number of ether oxygens (including phenoxy) is 1. The van der Waals surface area contributed by atoms with Crippen LogP contribution in [0.3, 0.4) is 0 Å². The topological polar surface area (TPSA) is 29.5 Å². The molecule has 0 saturated heterocycles. The number of allylic oxidation sites excluding steroid dienone is 4. The molecule has 0 amide bonds. The third-order valence-electron chi connectivity index (χ3n) is 1.23. The van der Waals surface area contributed by atoms with E-state index in [1.165, 1.54) is 0 Å². The smallest absolute Gasteiger partial charge is 0.200 e. The summed E-state index contributed by atoms with van der Waals surface area (Å²) in [6.07, 6.45) is 0.0584. The maximum Gasteiger partial charge on any atom is 0.200 e. The highest BCUT2D eigenvalue weighted by Gasteiger charge is 2.10. The lowest BCUT2D eigenvalue weighted by atomic mass is 10.3. The van der Waals surface area contributed by atoms with Crippen LogP contribution in [0.15, 0.2) is 35.9 Å². The second-order valence-electron chi connectivity index (χ2n) is 2.38. The molecule has 1 N–H and O–H groups in total. The Balaban J connectivity index is 4.56. The van der Waals surface area contributed by atoms with Crippen molar-refractivity contribution in [1.29, 1.82) is 0 Å². The van der Waals surface area contributed by atoms with Crippen LogP contribution in [0.4, 0.5) is 17.6 Å². The van der Waals surface area contributed by atoms with E-state index >= 15 is 0 Å². The van der Waals surface area contributed by atoms with Gasteiger partial charge in [-0.2, -0.15) is 4.39 Å². The summed E-state index contributed by atoms with van der Waals surface area (Å²) < 4.78 is 53.8. The van der Waals surface area contributed by atoms with Crippen LogP contribution in [0.25, 0.3) is 0 Å². The van der Waals surface area contributed by atoms with E-state index in [-0.39, 0.29) is 12.7 Å². The zero-order valence-corrected chi connectivity index (χ0v) is 7.77. The lowest BCUT2D eigenvalue weighted by molar-refractivity contribution is 0.144. The van der Waals surface area contributed by atoms with Crippen LogP contribution in [-0.2, 0) is 4.74 Å². The SMILES string of the molecule is C=C(OCCO)/C(F)=C(F)\C=C(\F)CF. The molecule has 0 radical (unpaired) electrons. The minimum absolute atomic E-state index is 0.0584. The first kappa shape index (κ1) is 13.7. The first-order valence-corrected chi connectivity index (χ1v) is 3.93. The van der Waals surface area contributed by atoms with Crippen molar-refractivity contribution in [1.82, 2.24) is 0 Å². The van der Waals surface area contributed by atoms with Gasteiger partial charge in [-0.25, -0.2) is 13.2 Å². The van der Waals surface area contributed by atoms with Gasteiger partial charge in [-0.05, 0) is 0 Å². The fraction of sp³-hybridized carbons (Fsp3) is 0.333. The first-order valence-electron chi connectivity index (χ1n) is 3.93. The summed E-state index contributed by atoms with van der Waals surface area (Å²) in [4.78, 5) is 0. The molecule has 0 aromatic carbocycles. The fourth-order valence-corrected chi connectivity index (χ4v) is 0.605. The van der Waals surface area contributed by atoms with E-state index in [9.17, 15) is 17.6 Å². The molecule has 86 valence electrons. The maximum atomic E-state index is 12.9. The lowest BCUT2D eigenvalue weighted by Crippen LogP contribution is -1.99. The summed E-state index contributed by atoms with van der Waals surface area (Å²) in [6, 6.07) is 0. The molecule has 0 aliphatic carbocycles. The summed E-state index contributed by atoms with van der Waals surface area (Å²) >= 11 is 0. The Bertz CT molecular complexity index is 284. The normalized spacial score (nSPS) is 13.5. The van der Waals surface area contributed by atoms with Crippen molar-refractivity contribution in [3.8, 4) is 0 Å². The van der Waals surface area contributed by atoms with Gasteiger partial charge >= 0.3 is 0 Å². The minimum atomic E-state index is -1.62. The van der Waals surface area contributed by atoms with Crippen molar-refractivity contribution in [2.24, 2.45) is 0 Å². The van der Waals surface area contributed by atoms with Crippen molar-refractivity contribution in [2.75, 3.05) is 19.9 Å². The molecule has 0 aromatic rings. The van der Waals surface area contributed by atoms with Crippen LogP contribution in [0.1, 0.15) is 0 Å². The molecule has 2 nitrogen and oxygen atoms in total. The molecule has 0 aliphatic rings. The van der Waals surface area contributed by atoms with E-state index in [2.05, 4.69) is 11.3 Å². The number of hydrogen-bond donors (Lipinski definition) is 1. The summed E-state index contributed by atoms with van der Waals surface area (Å²) in [5.74, 6) is -5.29. The number of hydrogen-bond acceptors (Lipinski definition) is 2. The quantitative estimate of drug-likeness (QED) is 0.428. The van der Waals surface area contributed by atoms with Crippen LogP contribution in [0.2, 0.25) is 0 Å². The highest BCUT2D eigenvalue weighted by molar-refractivity contribution is 5.27. The fourth-order valence-electron chi connectivity index (χ4n) is 0.605. The molecule has 0 atom stereocenters. The molecule has 0 saturated carbocycles. The Morgan fingerprint density at radius 2 is 1.93 bits per heavy atom. The Hall–Kier alpha value is -1.30. The predicted octanol–water partition coefficient (Wildman–Crippen LogP) is 2.48. The lowest BCUT2D eigenvalue weighted by Gasteiger charge is -2.04. The minimum Gasteiger partial charge on any atom is -0.489 e. The Morgan fingerprint density at radius 3 is 2.40 bits per heavy atom. The number of alkyl halides is 1. The van der Waals surface area contributed by atoms with Crippen molar-refractivity contribution < 1.29 is 27.4 Å². The number of aliphatic hydroxyl groups excluding tert-OH is 1. The maximum absolute atomic E-state index is 12.9. The molecular formula is C9H10F4O2. The third-order valence-corrected chi connectivity index (χ3v) is 1.23. The first-order chi connectivity index (χ1) is 7.02. The van der Waals surface area contributed by atoms with E-state index in [1.54, 1.807) is 0 Å². The van der Waals surface area contributed by atoms with Gasteiger partial charge in [0.25, 0.3) is 0 Å². The number of rotatable bonds is 6. The zero-order chi connectivity index (χ0) is 11.8. The predicted molar refractivity (Wildman–Crippen MR) is 46.6 cm³/mol. The summed E-state index contributed by atoms with van der Waals surface area (Å²) in [5.41, 5.74) is 0. The van der Waals surface area contributed by atoms with Gasteiger partial charge in [0.15, 0.2) is 17.4 Å². The molecule has 6 heteroatoms. The molecule has 0 aliphatic heterocycles. The van der Waals surface area contributed by atoms with Gasteiger partial charge < -0.3 is 9.84 Å². The summed E-state index contributed by atoms with van der Waals surface area (Å²) in [5, 5.41) is 8.30. The Kier molecular flexibility index (Phi) is 6.44. The standard InChI is InChI=1S/C9H10F4O2/c1-6(15-3-2-14)9(13)8(12)4-7(11)5-10/h4,14H,1-3,5H2/b7-4+,9-8-. The van der Waals surface area contributed by atoms with Gasteiger partial charge in [0.1, 0.15) is 19.1 Å². The van der Waals surface area contributed by atoms with Crippen LogP contribution < -0.4 is 0 Å². The third kappa shape index (κ3) is 5.21. The van der Waals surface area contributed by atoms with E-state index < -0.39 is 36.5 Å². The molecule has 0 heterocycles. The number of halogens is 4. The summed E-state index contributed by atoms with van der Waals surface area (Å²) in [6.45, 7) is 0.802. The van der Waals surface area contributed by atoms with Crippen molar-refractivity contribution >= 4 is 0 Å². The van der Waals surface area contributed by atoms with E-state index in [0.717, 1.165) is 0 Å². The van der Waals surface area contributed by atoms with E-state index in [4.69, 9.17) is 5.11 Å². The van der Waals surface area contributed by atoms with Gasteiger partial charge in [0.2, 0.25) is 0 Å². The van der Waals surface area contributed by atoms with Gasteiger partial charge in [-0.15, -0.1) is 0 Å².